The molecule has 0 aromatic rings. The summed E-state index contributed by atoms with van der Waals surface area (Å²) in [6.45, 7) is 8.48. The van der Waals surface area contributed by atoms with Gasteiger partial charge in [0, 0.05) is 0 Å². The van der Waals surface area contributed by atoms with Gasteiger partial charge in [0.15, 0.2) is 0 Å². The predicted molar refractivity (Wildman–Crippen MR) is 34.9 cm³/mol. The van der Waals surface area contributed by atoms with Gasteiger partial charge in [0.05, 0.1) is 0 Å². The summed E-state index contributed by atoms with van der Waals surface area (Å²) in [5.74, 6) is 0. The normalized spacial score (nSPS) is 36.0. The zero-order chi connectivity index (χ0) is 7.07. The average Bonchev–Trinajstić information content (AvgIpc) is 1.57. The summed E-state index contributed by atoms with van der Waals surface area (Å²) in [6.07, 6.45) is 0.544. The Morgan fingerprint density at radius 3 is 1.67 bits per heavy atom. The third-order valence-electron chi connectivity index (χ3n) is 1.59. The fourth-order valence-electron chi connectivity index (χ4n) is 1.07. The van der Waals surface area contributed by atoms with Gasteiger partial charge in [-0.25, -0.2) is 9.78 Å². The van der Waals surface area contributed by atoms with Gasteiger partial charge in [-0.1, -0.05) is 20.8 Å². The Balaban J connectivity index is 2.44. The van der Waals surface area contributed by atoms with E-state index in [0.29, 0.717) is 0 Å². The second-order valence-electron chi connectivity index (χ2n) is 3.68. The molecule has 2 unspecified atom stereocenters. The Hall–Kier alpha value is -0.0800. The van der Waals surface area contributed by atoms with E-state index in [0.717, 1.165) is 0 Å². The molecule has 0 amide bonds. The summed E-state index contributed by atoms with van der Waals surface area (Å²) >= 11 is 0. The molecule has 0 bridgehead atoms. The van der Waals surface area contributed by atoms with Crippen molar-refractivity contribution in [2.24, 2.45) is 5.41 Å². The van der Waals surface area contributed by atoms with Crippen LogP contribution in [0.15, 0.2) is 0 Å². The molecule has 1 heterocycles. The van der Waals surface area contributed by atoms with Crippen molar-refractivity contribution in [3.8, 4) is 0 Å². The second kappa shape index (κ2) is 1.96. The minimum absolute atomic E-state index is 0.220. The largest absolute Gasteiger partial charge is 0.230 e. The standard InChI is InChI=1S/C7H14O2/c1-5-6(9-8-5)7(2,3)4/h5-6H,1-4H3. The lowest BCUT2D eigenvalue weighted by atomic mass is 9.85. The van der Waals surface area contributed by atoms with E-state index in [1.54, 1.807) is 0 Å². The molecule has 1 aliphatic heterocycles. The van der Waals surface area contributed by atoms with Crippen LogP contribution in [-0.2, 0) is 9.78 Å². The van der Waals surface area contributed by atoms with Crippen LogP contribution < -0.4 is 0 Å². The van der Waals surface area contributed by atoms with E-state index in [1.165, 1.54) is 0 Å². The number of rotatable bonds is 0. The van der Waals surface area contributed by atoms with E-state index in [9.17, 15) is 0 Å². The molecule has 0 N–H and O–H groups in total. The molecule has 1 aliphatic rings. The Morgan fingerprint density at radius 2 is 1.67 bits per heavy atom. The summed E-state index contributed by atoms with van der Waals surface area (Å²) in [6, 6.07) is 0. The number of hydrogen-bond donors (Lipinski definition) is 0. The van der Waals surface area contributed by atoms with Gasteiger partial charge in [-0.2, -0.15) is 0 Å². The van der Waals surface area contributed by atoms with Gasteiger partial charge in [0.25, 0.3) is 0 Å². The third-order valence-corrected chi connectivity index (χ3v) is 1.59. The van der Waals surface area contributed by atoms with Crippen molar-refractivity contribution in [3.05, 3.63) is 0 Å². The van der Waals surface area contributed by atoms with Crippen molar-refractivity contribution in [3.63, 3.8) is 0 Å². The molecule has 0 saturated carbocycles. The maximum atomic E-state index is 4.91. The lowest BCUT2D eigenvalue weighted by molar-refractivity contribution is -0.477. The molecule has 0 aromatic heterocycles. The van der Waals surface area contributed by atoms with Crippen LogP contribution in [0, 0.1) is 5.41 Å². The molecular weight excluding hydrogens is 116 g/mol. The molecule has 0 spiro atoms. The molecule has 54 valence electrons. The van der Waals surface area contributed by atoms with E-state index >= 15 is 0 Å². The summed E-state index contributed by atoms with van der Waals surface area (Å²) in [4.78, 5) is 9.68. The highest BCUT2D eigenvalue weighted by Gasteiger charge is 2.40. The van der Waals surface area contributed by atoms with Gasteiger partial charge < -0.3 is 0 Å². The molecule has 2 heteroatoms. The first-order valence-corrected chi connectivity index (χ1v) is 3.34. The van der Waals surface area contributed by atoms with Crippen molar-refractivity contribution in [1.29, 1.82) is 0 Å². The van der Waals surface area contributed by atoms with Crippen molar-refractivity contribution < 1.29 is 9.78 Å². The first-order chi connectivity index (χ1) is 4.02. The summed E-state index contributed by atoms with van der Waals surface area (Å²) in [7, 11) is 0. The molecule has 1 saturated heterocycles. The minimum atomic E-state index is 0.220. The number of hydrogen-bond acceptors (Lipinski definition) is 2. The summed E-state index contributed by atoms with van der Waals surface area (Å²) < 4.78 is 0. The molecule has 2 nitrogen and oxygen atoms in total. The van der Waals surface area contributed by atoms with Crippen LogP contribution >= 0.6 is 0 Å². The van der Waals surface area contributed by atoms with Crippen LogP contribution in [0.25, 0.3) is 0 Å². The van der Waals surface area contributed by atoms with Gasteiger partial charge in [0.1, 0.15) is 12.2 Å². The van der Waals surface area contributed by atoms with Crippen molar-refractivity contribution in [2.75, 3.05) is 0 Å². The molecule has 0 radical (unpaired) electrons. The molecule has 1 rings (SSSR count). The Kier molecular flexibility index (Phi) is 1.53. The predicted octanol–water partition coefficient (Wildman–Crippen LogP) is 1.75. The average molecular weight is 130 g/mol. The highest BCUT2D eigenvalue weighted by atomic mass is 17.2. The zero-order valence-electron chi connectivity index (χ0n) is 6.47. The smallest absolute Gasteiger partial charge is 0.127 e. The monoisotopic (exact) mass is 130 g/mol. The molecule has 0 aromatic carbocycles. The fraction of sp³-hybridized carbons (Fsp3) is 1.00. The van der Waals surface area contributed by atoms with Crippen molar-refractivity contribution in [1.82, 2.24) is 0 Å². The highest BCUT2D eigenvalue weighted by Crippen LogP contribution is 2.32. The SMILES string of the molecule is CC1OOC1C(C)(C)C. The van der Waals surface area contributed by atoms with E-state index in [4.69, 9.17) is 9.78 Å². The van der Waals surface area contributed by atoms with Crippen LogP contribution in [0.1, 0.15) is 27.7 Å². The third kappa shape index (κ3) is 1.25. The van der Waals surface area contributed by atoms with Gasteiger partial charge in [-0.05, 0) is 12.3 Å². The lowest BCUT2D eigenvalue weighted by Crippen LogP contribution is -2.48. The lowest BCUT2D eigenvalue weighted by Gasteiger charge is -2.40. The first kappa shape index (κ1) is 7.03. The van der Waals surface area contributed by atoms with Crippen LogP contribution in [0.3, 0.4) is 0 Å². The minimum Gasteiger partial charge on any atom is -0.230 e. The van der Waals surface area contributed by atoms with Gasteiger partial charge in [-0.15, -0.1) is 0 Å². The fourth-order valence-corrected chi connectivity index (χ4v) is 1.07. The Labute approximate surface area is 56.1 Å². The van der Waals surface area contributed by atoms with Gasteiger partial charge in [-0.3, -0.25) is 0 Å². The van der Waals surface area contributed by atoms with Crippen molar-refractivity contribution in [2.45, 2.75) is 39.9 Å². The molecule has 0 aliphatic carbocycles. The quantitative estimate of drug-likeness (QED) is 0.465. The summed E-state index contributed by atoms with van der Waals surface area (Å²) in [5, 5.41) is 0. The topological polar surface area (TPSA) is 18.5 Å². The highest BCUT2D eigenvalue weighted by molar-refractivity contribution is 4.81. The van der Waals surface area contributed by atoms with Crippen LogP contribution in [0.5, 0.6) is 0 Å². The van der Waals surface area contributed by atoms with Crippen LogP contribution in [-0.4, -0.2) is 12.2 Å². The van der Waals surface area contributed by atoms with E-state index in [1.807, 2.05) is 6.92 Å². The first-order valence-electron chi connectivity index (χ1n) is 3.34. The molecule has 2 atom stereocenters. The molecule has 1 fully saturated rings. The van der Waals surface area contributed by atoms with Gasteiger partial charge >= 0.3 is 0 Å². The van der Waals surface area contributed by atoms with Crippen molar-refractivity contribution >= 4 is 0 Å². The summed E-state index contributed by atoms with van der Waals surface area (Å²) in [5.41, 5.74) is 0.220. The molecular formula is C7H14O2. The van der Waals surface area contributed by atoms with E-state index < -0.39 is 0 Å². The van der Waals surface area contributed by atoms with Crippen LogP contribution in [0.4, 0.5) is 0 Å². The van der Waals surface area contributed by atoms with E-state index in [2.05, 4.69) is 20.8 Å². The second-order valence-corrected chi connectivity index (χ2v) is 3.68. The zero-order valence-corrected chi connectivity index (χ0v) is 6.47. The molecule has 9 heavy (non-hydrogen) atoms. The van der Waals surface area contributed by atoms with E-state index in [-0.39, 0.29) is 17.6 Å². The maximum Gasteiger partial charge on any atom is 0.127 e. The Bertz CT molecular complexity index is 104. The Morgan fingerprint density at radius 1 is 1.11 bits per heavy atom. The van der Waals surface area contributed by atoms with Crippen LogP contribution in [0.2, 0.25) is 0 Å². The van der Waals surface area contributed by atoms with Gasteiger partial charge in [0.2, 0.25) is 0 Å². The maximum absolute atomic E-state index is 4.91.